The SMILES string of the molecule is FC(F)Oc1cccc(C(Cl)c2ccc(Cl)cc2)c1. The van der Waals surface area contributed by atoms with E-state index >= 15 is 0 Å². The molecule has 1 unspecified atom stereocenters. The molecule has 0 fully saturated rings. The molecule has 0 aliphatic rings. The summed E-state index contributed by atoms with van der Waals surface area (Å²) in [6.45, 7) is -2.85. The van der Waals surface area contributed by atoms with Gasteiger partial charge in [-0.2, -0.15) is 8.78 Å². The number of halogens is 4. The maximum absolute atomic E-state index is 12.2. The van der Waals surface area contributed by atoms with E-state index in [1.165, 1.54) is 12.1 Å². The Kier molecular flexibility index (Phi) is 4.61. The third kappa shape index (κ3) is 3.82. The molecule has 0 amide bonds. The molecule has 0 saturated carbocycles. The summed E-state index contributed by atoms with van der Waals surface area (Å²) in [4.78, 5) is 0. The van der Waals surface area contributed by atoms with Crippen molar-refractivity contribution in [3.8, 4) is 5.75 Å². The first-order valence-electron chi connectivity index (χ1n) is 5.50. The first kappa shape index (κ1) is 14.1. The lowest BCUT2D eigenvalue weighted by atomic mass is 10.0. The molecule has 19 heavy (non-hydrogen) atoms. The summed E-state index contributed by atoms with van der Waals surface area (Å²) in [5.74, 6) is 0.0899. The Hall–Kier alpha value is -1.32. The molecule has 0 aliphatic carbocycles. The van der Waals surface area contributed by atoms with Crippen molar-refractivity contribution >= 4 is 23.2 Å². The third-order valence-electron chi connectivity index (χ3n) is 2.54. The van der Waals surface area contributed by atoms with Gasteiger partial charge in [0.05, 0.1) is 5.38 Å². The Morgan fingerprint density at radius 2 is 1.63 bits per heavy atom. The van der Waals surface area contributed by atoms with E-state index < -0.39 is 12.0 Å². The van der Waals surface area contributed by atoms with E-state index in [0.29, 0.717) is 10.6 Å². The molecule has 1 nitrogen and oxygen atoms in total. The van der Waals surface area contributed by atoms with Gasteiger partial charge in [0.15, 0.2) is 0 Å². The molecule has 5 heteroatoms. The molecule has 0 N–H and O–H groups in total. The first-order valence-corrected chi connectivity index (χ1v) is 6.32. The van der Waals surface area contributed by atoms with Crippen LogP contribution in [0.15, 0.2) is 48.5 Å². The summed E-state index contributed by atoms with van der Waals surface area (Å²) in [6.07, 6.45) is 0. The fraction of sp³-hybridized carbons (Fsp3) is 0.143. The van der Waals surface area contributed by atoms with Gasteiger partial charge < -0.3 is 4.74 Å². The van der Waals surface area contributed by atoms with Crippen molar-refractivity contribution in [1.29, 1.82) is 0 Å². The summed E-state index contributed by atoms with van der Waals surface area (Å²) in [5, 5.41) is 0.167. The molecule has 2 aromatic carbocycles. The van der Waals surface area contributed by atoms with Gasteiger partial charge in [0, 0.05) is 5.02 Å². The van der Waals surface area contributed by atoms with Gasteiger partial charge in [0.1, 0.15) is 5.75 Å². The van der Waals surface area contributed by atoms with Gasteiger partial charge in [-0.3, -0.25) is 0 Å². The van der Waals surface area contributed by atoms with Crippen molar-refractivity contribution in [2.75, 3.05) is 0 Å². The number of rotatable bonds is 4. The second-order valence-electron chi connectivity index (χ2n) is 3.87. The van der Waals surface area contributed by atoms with Crippen LogP contribution in [-0.2, 0) is 0 Å². The Balaban J connectivity index is 2.23. The molecular formula is C14H10Cl2F2O. The molecule has 0 aromatic heterocycles. The maximum atomic E-state index is 12.2. The molecule has 2 rings (SSSR count). The van der Waals surface area contributed by atoms with Crippen molar-refractivity contribution < 1.29 is 13.5 Å². The van der Waals surface area contributed by atoms with Crippen molar-refractivity contribution in [3.05, 3.63) is 64.7 Å². The van der Waals surface area contributed by atoms with Crippen molar-refractivity contribution in [1.82, 2.24) is 0 Å². The summed E-state index contributed by atoms with van der Waals surface area (Å²) in [7, 11) is 0. The largest absolute Gasteiger partial charge is 0.435 e. The highest BCUT2D eigenvalue weighted by Gasteiger charge is 2.12. The standard InChI is InChI=1S/C14H10Cl2F2O/c15-11-6-4-9(5-7-11)13(16)10-2-1-3-12(8-10)19-14(17)18/h1-8,13-14H. The number of ether oxygens (including phenoxy) is 1. The Labute approximate surface area is 119 Å². The van der Waals surface area contributed by atoms with Crippen LogP contribution in [0.25, 0.3) is 0 Å². The number of hydrogen-bond acceptors (Lipinski definition) is 1. The van der Waals surface area contributed by atoms with E-state index in [1.807, 2.05) is 0 Å². The van der Waals surface area contributed by atoms with Gasteiger partial charge in [-0.1, -0.05) is 35.9 Å². The Morgan fingerprint density at radius 3 is 2.26 bits per heavy atom. The average Bonchev–Trinajstić information content (AvgIpc) is 2.38. The van der Waals surface area contributed by atoms with E-state index in [0.717, 1.165) is 5.56 Å². The minimum absolute atomic E-state index is 0.0899. The van der Waals surface area contributed by atoms with Gasteiger partial charge >= 0.3 is 6.61 Å². The fourth-order valence-electron chi connectivity index (χ4n) is 1.67. The van der Waals surface area contributed by atoms with Crippen LogP contribution in [0.2, 0.25) is 5.02 Å². The first-order chi connectivity index (χ1) is 9.06. The minimum Gasteiger partial charge on any atom is -0.435 e. The minimum atomic E-state index is -2.85. The van der Waals surface area contributed by atoms with Crippen LogP contribution in [0.4, 0.5) is 8.78 Å². The number of alkyl halides is 3. The van der Waals surface area contributed by atoms with Crippen LogP contribution >= 0.6 is 23.2 Å². The van der Waals surface area contributed by atoms with Gasteiger partial charge in [0.2, 0.25) is 0 Å². The smallest absolute Gasteiger partial charge is 0.387 e. The number of benzene rings is 2. The van der Waals surface area contributed by atoms with Crippen LogP contribution in [0, 0.1) is 0 Å². The zero-order chi connectivity index (χ0) is 13.8. The lowest BCUT2D eigenvalue weighted by Crippen LogP contribution is -2.02. The van der Waals surface area contributed by atoms with Crippen LogP contribution in [-0.4, -0.2) is 6.61 Å². The highest BCUT2D eigenvalue weighted by Crippen LogP contribution is 2.31. The van der Waals surface area contributed by atoms with Crippen molar-refractivity contribution in [2.24, 2.45) is 0 Å². The fourth-order valence-corrected chi connectivity index (χ4v) is 2.08. The highest BCUT2D eigenvalue weighted by atomic mass is 35.5. The van der Waals surface area contributed by atoms with Crippen molar-refractivity contribution in [3.63, 3.8) is 0 Å². The van der Waals surface area contributed by atoms with E-state index in [1.54, 1.807) is 36.4 Å². The molecule has 0 heterocycles. The van der Waals surface area contributed by atoms with Gasteiger partial charge in [-0.15, -0.1) is 11.6 Å². The molecule has 0 bridgehead atoms. The lowest BCUT2D eigenvalue weighted by Gasteiger charge is -2.12. The predicted octanol–water partition coefficient (Wildman–Crippen LogP) is 5.27. The van der Waals surface area contributed by atoms with E-state index in [4.69, 9.17) is 23.2 Å². The predicted molar refractivity (Wildman–Crippen MR) is 72.2 cm³/mol. The summed E-state index contributed by atoms with van der Waals surface area (Å²) < 4.78 is 28.6. The molecule has 0 spiro atoms. The van der Waals surface area contributed by atoms with Crippen LogP contribution < -0.4 is 4.74 Å². The van der Waals surface area contributed by atoms with E-state index in [9.17, 15) is 8.78 Å². The Morgan fingerprint density at radius 1 is 0.947 bits per heavy atom. The zero-order valence-corrected chi connectivity index (χ0v) is 11.2. The second-order valence-corrected chi connectivity index (χ2v) is 4.74. The summed E-state index contributed by atoms with van der Waals surface area (Å²) in [6, 6.07) is 13.4. The van der Waals surface area contributed by atoms with Gasteiger partial charge in [-0.05, 0) is 35.4 Å². The molecule has 1 atom stereocenters. The second kappa shape index (κ2) is 6.22. The Bertz CT molecular complexity index is 543. The maximum Gasteiger partial charge on any atom is 0.387 e. The lowest BCUT2D eigenvalue weighted by molar-refractivity contribution is -0.0498. The molecule has 0 saturated heterocycles. The zero-order valence-electron chi connectivity index (χ0n) is 9.69. The van der Waals surface area contributed by atoms with E-state index in [2.05, 4.69) is 4.74 Å². The highest BCUT2D eigenvalue weighted by molar-refractivity contribution is 6.30. The van der Waals surface area contributed by atoms with Crippen LogP contribution in [0.3, 0.4) is 0 Å². The molecular weight excluding hydrogens is 293 g/mol. The van der Waals surface area contributed by atoms with Crippen LogP contribution in [0.1, 0.15) is 16.5 Å². The monoisotopic (exact) mass is 302 g/mol. The van der Waals surface area contributed by atoms with Crippen molar-refractivity contribution in [2.45, 2.75) is 12.0 Å². The molecule has 2 aromatic rings. The van der Waals surface area contributed by atoms with Gasteiger partial charge in [-0.25, -0.2) is 0 Å². The average molecular weight is 303 g/mol. The summed E-state index contributed by atoms with van der Waals surface area (Å²) >= 11 is 12.1. The molecule has 100 valence electrons. The van der Waals surface area contributed by atoms with Gasteiger partial charge in [0.25, 0.3) is 0 Å². The molecule has 0 aliphatic heterocycles. The number of hydrogen-bond donors (Lipinski definition) is 0. The normalized spacial score (nSPS) is 12.5. The quantitative estimate of drug-likeness (QED) is 0.699. The molecule has 0 radical (unpaired) electrons. The third-order valence-corrected chi connectivity index (χ3v) is 3.29. The topological polar surface area (TPSA) is 9.23 Å². The van der Waals surface area contributed by atoms with E-state index in [-0.39, 0.29) is 5.75 Å². The van der Waals surface area contributed by atoms with Crippen LogP contribution in [0.5, 0.6) is 5.75 Å². The summed E-state index contributed by atoms with van der Waals surface area (Å²) in [5.41, 5.74) is 1.52.